The summed E-state index contributed by atoms with van der Waals surface area (Å²) in [5, 5.41) is 8.50. The highest BCUT2D eigenvalue weighted by atomic mass is 19.4. The Labute approximate surface area is 189 Å². The first-order chi connectivity index (χ1) is 15.9. The van der Waals surface area contributed by atoms with Crippen LogP contribution in [-0.4, -0.2) is 47.2 Å². The molecule has 1 amide bonds. The lowest BCUT2D eigenvalue weighted by molar-refractivity contribution is -0.141. The maximum absolute atomic E-state index is 12.9. The van der Waals surface area contributed by atoms with Crippen LogP contribution in [0.4, 0.5) is 18.9 Å². The topological polar surface area (TPSA) is 70.2 Å². The van der Waals surface area contributed by atoms with Crippen molar-refractivity contribution in [3.63, 3.8) is 0 Å². The number of anilines is 1. The van der Waals surface area contributed by atoms with Gasteiger partial charge in [0, 0.05) is 17.7 Å². The van der Waals surface area contributed by atoms with Crippen molar-refractivity contribution in [3.8, 4) is 17.0 Å². The van der Waals surface area contributed by atoms with E-state index in [2.05, 4.69) is 15.3 Å². The van der Waals surface area contributed by atoms with Crippen LogP contribution in [0.3, 0.4) is 0 Å². The van der Waals surface area contributed by atoms with Gasteiger partial charge in [-0.05, 0) is 62.3 Å². The minimum absolute atomic E-state index is 0.0932. The van der Waals surface area contributed by atoms with Crippen LogP contribution in [-0.2, 0) is 6.18 Å². The smallest absolute Gasteiger partial charge is 0.432 e. The summed E-state index contributed by atoms with van der Waals surface area (Å²) in [6.45, 7) is 3.68. The largest absolute Gasteiger partial charge is 0.492 e. The Balaban J connectivity index is 1.38. The van der Waals surface area contributed by atoms with Crippen molar-refractivity contribution in [2.75, 3.05) is 31.6 Å². The van der Waals surface area contributed by atoms with Crippen LogP contribution in [0, 0.1) is 0 Å². The fourth-order valence-corrected chi connectivity index (χ4v) is 3.79. The summed E-state index contributed by atoms with van der Waals surface area (Å²) in [5.41, 5.74) is 0.302. The van der Waals surface area contributed by atoms with E-state index < -0.39 is 11.9 Å². The number of halogens is 3. The number of alkyl halides is 3. The van der Waals surface area contributed by atoms with Crippen LogP contribution in [0.15, 0.2) is 54.6 Å². The number of piperidine rings is 1. The Morgan fingerprint density at radius 2 is 1.79 bits per heavy atom. The zero-order valence-electron chi connectivity index (χ0n) is 18.0. The summed E-state index contributed by atoms with van der Waals surface area (Å²) in [5.74, 6) is 0.300. The molecule has 9 heteroatoms. The Kier molecular flexibility index (Phi) is 6.98. The van der Waals surface area contributed by atoms with E-state index in [0.29, 0.717) is 29.2 Å². The minimum Gasteiger partial charge on any atom is -0.492 e. The van der Waals surface area contributed by atoms with Crippen LogP contribution in [0.5, 0.6) is 5.75 Å². The highest BCUT2D eigenvalue weighted by Gasteiger charge is 2.33. The number of para-hydroxylation sites is 1. The van der Waals surface area contributed by atoms with E-state index in [0.717, 1.165) is 25.7 Å². The Hall–Kier alpha value is -3.33. The lowest BCUT2D eigenvalue weighted by atomic mass is 10.1. The van der Waals surface area contributed by atoms with Gasteiger partial charge in [0.1, 0.15) is 18.1 Å². The minimum atomic E-state index is -4.53. The number of H-pyrrole nitrogens is 1. The molecule has 0 bridgehead atoms. The van der Waals surface area contributed by atoms with Crippen molar-refractivity contribution in [1.82, 2.24) is 15.1 Å². The van der Waals surface area contributed by atoms with Gasteiger partial charge in [-0.25, -0.2) is 0 Å². The summed E-state index contributed by atoms with van der Waals surface area (Å²) in [6, 6.07) is 14.3. The Morgan fingerprint density at radius 1 is 1.06 bits per heavy atom. The standard InChI is InChI=1S/C24H25F3N4O2/c25-24(26,27)22-16-21(29-30-22)19-6-2-3-7-20(19)28-23(32)17-8-10-18(11-9-17)33-15-14-31-12-4-1-5-13-31/h2-3,6-11,16H,1,4-5,12-15H2,(H,28,32)(H,29,30). The Bertz CT molecular complexity index is 1070. The molecular weight excluding hydrogens is 433 g/mol. The molecule has 4 rings (SSSR count). The summed E-state index contributed by atoms with van der Waals surface area (Å²) < 4.78 is 44.5. The van der Waals surface area contributed by atoms with Gasteiger partial charge in [-0.2, -0.15) is 18.3 Å². The molecule has 0 aliphatic carbocycles. The molecule has 1 fully saturated rings. The summed E-state index contributed by atoms with van der Waals surface area (Å²) >= 11 is 0. The van der Waals surface area contributed by atoms with Gasteiger partial charge in [0.2, 0.25) is 0 Å². The molecule has 0 radical (unpaired) electrons. The van der Waals surface area contributed by atoms with E-state index >= 15 is 0 Å². The molecule has 1 aliphatic rings. The normalized spacial score (nSPS) is 14.8. The van der Waals surface area contributed by atoms with Crippen LogP contribution in [0.2, 0.25) is 0 Å². The second kappa shape index (κ2) is 10.1. The van der Waals surface area contributed by atoms with Crippen LogP contribution >= 0.6 is 0 Å². The molecule has 33 heavy (non-hydrogen) atoms. The van der Waals surface area contributed by atoms with Crippen LogP contribution in [0.1, 0.15) is 35.3 Å². The van der Waals surface area contributed by atoms with Gasteiger partial charge in [-0.1, -0.05) is 24.6 Å². The molecule has 6 nitrogen and oxygen atoms in total. The van der Waals surface area contributed by atoms with E-state index in [1.807, 2.05) is 5.10 Å². The number of hydrogen-bond acceptors (Lipinski definition) is 4. The van der Waals surface area contributed by atoms with Crippen molar-refractivity contribution in [2.45, 2.75) is 25.4 Å². The average Bonchev–Trinajstić information content (AvgIpc) is 3.31. The Morgan fingerprint density at radius 3 is 2.48 bits per heavy atom. The first-order valence-electron chi connectivity index (χ1n) is 10.9. The zero-order valence-corrected chi connectivity index (χ0v) is 18.0. The maximum atomic E-state index is 12.9. The average molecular weight is 458 g/mol. The number of hydrogen-bond donors (Lipinski definition) is 2. The molecule has 2 N–H and O–H groups in total. The van der Waals surface area contributed by atoms with Gasteiger partial charge in [0.25, 0.3) is 5.91 Å². The fourth-order valence-electron chi connectivity index (χ4n) is 3.79. The van der Waals surface area contributed by atoms with Gasteiger partial charge in [-0.15, -0.1) is 0 Å². The van der Waals surface area contributed by atoms with E-state index in [1.54, 1.807) is 48.5 Å². The third-order valence-electron chi connectivity index (χ3n) is 5.58. The molecular formula is C24H25F3N4O2. The molecule has 2 heterocycles. The lowest BCUT2D eigenvalue weighted by Gasteiger charge is -2.26. The van der Waals surface area contributed by atoms with Gasteiger partial charge in [0.05, 0.1) is 11.4 Å². The highest BCUT2D eigenvalue weighted by molar-refractivity contribution is 6.06. The predicted octanol–water partition coefficient (Wildman–Crippen LogP) is 5.21. The SMILES string of the molecule is O=C(Nc1ccccc1-c1cc(C(F)(F)F)[nH]n1)c1ccc(OCCN2CCCCC2)cc1. The van der Waals surface area contributed by atoms with Crippen LogP contribution in [0.25, 0.3) is 11.3 Å². The summed E-state index contributed by atoms with van der Waals surface area (Å²) in [4.78, 5) is 15.1. The van der Waals surface area contributed by atoms with E-state index in [9.17, 15) is 18.0 Å². The fraction of sp³-hybridized carbons (Fsp3) is 0.333. The number of amides is 1. The second-order valence-electron chi connectivity index (χ2n) is 7.94. The summed E-state index contributed by atoms with van der Waals surface area (Å²) in [6.07, 6.45) is -0.768. The molecule has 0 saturated carbocycles. The summed E-state index contributed by atoms with van der Waals surface area (Å²) in [7, 11) is 0. The van der Waals surface area contributed by atoms with Crippen LogP contribution < -0.4 is 10.1 Å². The van der Waals surface area contributed by atoms with Crippen molar-refractivity contribution >= 4 is 11.6 Å². The quantitative estimate of drug-likeness (QED) is 0.510. The van der Waals surface area contributed by atoms with Gasteiger partial charge in [-0.3, -0.25) is 14.8 Å². The monoisotopic (exact) mass is 458 g/mol. The third-order valence-corrected chi connectivity index (χ3v) is 5.58. The van der Waals surface area contributed by atoms with E-state index in [-0.39, 0.29) is 11.6 Å². The zero-order chi connectivity index (χ0) is 23.3. The second-order valence-corrected chi connectivity index (χ2v) is 7.94. The number of benzene rings is 2. The third kappa shape index (κ3) is 5.92. The molecule has 1 aromatic heterocycles. The van der Waals surface area contributed by atoms with Gasteiger partial charge >= 0.3 is 6.18 Å². The number of aromatic amines is 1. The predicted molar refractivity (Wildman–Crippen MR) is 119 cm³/mol. The number of nitrogens with zero attached hydrogens (tertiary/aromatic N) is 2. The number of rotatable bonds is 7. The van der Waals surface area contributed by atoms with E-state index in [4.69, 9.17) is 4.74 Å². The number of carbonyl (C=O) groups excluding carboxylic acids is 1. The number of nitrogens with one attached hydrogen (secondary N) is 2. The maximum Gasteiger partial charge on any atom is 0.432 e. The van der Waals surface area contributed by atoms with Gasteiger partial charge < -0.3 is 10.1 Å². The molecule has 1 saturated heterocycles. The number of likely N-dealkylation sites (tertiary alicyclic amines) is 1. The molecule has 174 valence electrons. The van der Waals surface area contributed by atoms with E-state index in [1.165, 1.54) is 19.3 Å². The van der Waals surface area contributed by atoms with Crippen molar-refractivity contribution in [2.24, 2.45) is 0 Å². The molecule has 0 unspecified atom stereocenters. The van der Waals surface area contributed by atoms with Crippen molar-refractivity contribution < 1.29 is 22.7 Å². The highest BCUT2D eigenvalue weighted by Crippen LogP contribution is 2.33. The first kappa shape index (κ1) is 22.8. The number of carbonyl (C=O) groups is 1. The molecule has 1 aliphatic heterocycles. The number of aromatic nitrogens is 2. The molecule has 2 aromatic carbocycles. The molecule has 0 atom stereocenters. The van der Waals surface area contributed by atoms with Gasteiger partial charge in [0.15, 0.2) is 0 Å². The molecule has 0 spiro atoms. The first-order valence-corrected chi connectivity index (χ1v) is 10.9. The van der Waals surface area contributed by atoms with Crippen molar-refractivity contribution in [1.29, 1.82) is 0 Å². The molecule has 3 aromatic rings. The number of ether oxygens (including phenoxy) is 1. The lowest BCUT2D eigenvalue weighted by Crippen LogP contribution is -2.33. The van der Waals surface area contributed by atoms with Crippen molar-refractivity contribution in [3.05, 3.63) is 65.9 Å².